The molecule has 0 aliphatic carbocycles. The number of rotatable bonds is 9. The van der Waals surface area contributed by atoms with E-state index in [-0.39, 0.29) is 0 Å². The molecule has 0 radical (unpaired) electrons. The van der Waals surface area contributed by atoms with Crippen LogP contribution in [0, 0.1) is 0 Å². The number of ether oxygens (including phenoxy) is 1. The minimum absolute atomic E-state index is 0.354. The van der Waals surface area contributed by atoms with E-state index in [0.717, 1.165) is 55.8 Å². The van der Waals surface area contributed by atoms with Gasteiger partial charge in [-0.15, -0.1) is 0 Å². The Labute approximate surface area is 153 Å². The average molecular weight is 348 g/mol. The van der Waals surface area contributed by atoms with Crippen LogP contribution >= 0.6 is 0 Å². The van der Waals surface area contributed by atoms with E-state index in [0.29, 0.717) is 5.91 Å². The van der Waals surface area contributed by atoms with E-state index in [1.54, 1.807) is 7.11 Å². The summed E-state index contributed by atoms with van der Waals surface area (Å²) in [5.41, 5.74) is 1.33. The van der Waals surface area contributed by atoms with Gasteiger partial charge < -0.3 is 14.1 Å². The van der Waals surface area contributed by atoms with Crippen molar-refractivity contribution in [3.63, 3.8) is 0 Å². The molecule has 1 saturated heterocycles. The molecule has 1 aliphatic rings. The normalized spacial score (nSPS) is 16.7. The molecule has 25 heavy (non-hydrogen) atoms. The van der Waals surface area contributed by atoms with Crippen molar-refractivity contribution in [2.45, 2.75) is 52.0 Å². The number of hydrogen-bond acceptors (Lipinski definition) is 2. The third-order valence-corrected chi connectivity index (χ3v) is 5.39. The summed E-state index contributed by atoms with van der Waals surface area (Å²) in [7, 11) is 4.00. The summed E-state index contributed by atoms with van der Waals surface area (Å²) in [5, 5.41) is 0. The zero-order valence-electron chi connectivity index (χ0n) is 16.3. The predicted octanol–water partition coefficient (Wildman–Crippen LogP) is 3.84. The van der Waals surface area contributed by atoms with Crippen molar-refractivity contribution in [1.29, 1.82) is 0 Å². The zero-order valence-corrected chi connectivity index (χ0v) is 16.3. The molecule has 0 unspecified atom stereocenters. The third kappa shape index (κ3) is 6.35. The second-order valence-corrected chi connectivity index (χ2v) is 7.62. The van der Waals surface area contributed by atoms with E-state index < -0.39 is 0 Å². The van der Waals surface area contributed by atoms with E-state index in [2.05, 4.69) is 31.0 Å². The van der Waals surface area contributed by atoms with Gasteiger partial charge in [0.15, 0.2) is 0 Å². The quantitative estimate of drug-likeness (QED) is 0.502. The maximum Gasteiger partial charge on any atom is 0.222 e. The number of carbonyl (C=O) groups is 1. The van der Waals surface area contributed by atoms with Gasteiger partial charge in [-0.25, -0.2) is 0 Å². The Bertz CT molecular complexity index is 519. The number of unbranched alkanes of at least 4 members (excludes halogenated alkanes) is 4. The van der Waals surface area contributed by atoms with Gasteiger partial charge in [0.25, 0.3) is 0 Å². The molecule has 0 saturated carbocycles. The summed E-state index contributed by atoms with van der Waals surface area (Å²) in [6, 6.07) is 8.35. The molecular weight excluding hydrogens is 312 g/mol. The van der Waals surface area contributed by atoms with E-state index >= 15 is 0 Å². The topological polar surface area (TPSA) is 29.5 Å². The lowest BCUT2D eigenvalue weighted by Crippen LogP contribution is -2.57. The predicted molar refractivity (Wildman–Crippen MR) is 103 cm³/mol. The fourth-order valence-corrected chi connectivity index (χ4v) is 3.56. The van der Waals surface area contributed by atoms with Crippen molar-refractivity contribution in [3.8, 4) is 5.75 Å². The largest absolute Gasteiger partial charge is 0.497 e. The Morgan fingerprint density at radius 2 is 1.72 bits per heavy atom. The van der Waals surface area contributed by atoms with Crippen LogP contribution in [0.2, 0.25) is 0 Å². The average Bonchev–Trinajstić information content (AvgIpc) is 2.62. The molecule has 0 bridgehead atoms. The highest BCUT2D eigenvalue weighted by atomic mass is 16.5. The molecule has 1 fully saturated rings. The summed E-state index contributed by atoms with van der Waals surface area (Å²) < 4.78 is 6.24. The van der Waals surface area contributed by atoms with Crippen LogP contribution in [0.3, 0.4) is 0 Å². The van der Waals surface area contributed by atoms with Crippen LogP contribution in [-0.4, -0.2) is 55.6 Å². The molecule has 1 aromatic carbocycles. The molecule has 1 amide bonds. The Morgan fingerprint density at radius 1 is 1.08 bits per heavy atom. The van der Waals surface area contributed by atoms with Gasteiger partial charge in [0.1, 0.15) is 12.3 Å². The lowest BCUT2D eigenvalue weighted by molar-refractivity contribution is -0.926. The van der Waals surface area contributed by atoms with Crippen LogP contribution in [-0.2, 0) is 11.3 Å². The number of carbonyl (C=O) groups excluding carboxylic acids is 1. The number of amides is 1. The smallest absolute Gasteiger partial charge is 0.222 e. The molecule has 1 aliphatic heterocycles. The minimum atomic E-state index is 0.354. The molecule has 0 N–H and O–H groups in total. The van der Waals surface area contributed by atoms with Gasteiger partial charge >= 0.3 is 0 Å². The molecule has 1 aromatic rings. The summed E-state index contributed by atoms with van der Waals surface area (Å²) >= 11 is 0. The number of methoxy groups -OCH3 is 1. The maximum atomic E-state index is 12.4. The van der Waals surface area contributed by atoms with E-state index in [1.807, 2.05) is 12.1 Å². The van der Waals surface area contributed by atoms with Crippen molar-refractivity contribution in [2.75, 3.05) is 40.3 Å². The molecular formula is C21H35N2O2+. The second-order valence-electron chi connectivity index (χ2n) is 7.62. The first-order valence-corrected chi connectivity index (χ1v) is 9.80. The third-order valence-electron chi connectivity index (χ3n) is 5.39. The van der Waals surface area contributed by atoms with Crippen molar-refractivity contribution in [1.82, 2.24) is 4.90 Å². The van der Waals surface area contributed by atoms with Crippen LogP contribution in [0.15, 0.2) is 24.3 Å². The number of quaternary nitrogens is 1. The standard InChI is InChI=1S/C21H35N2O2/c1-4-5-6-7-8-9-21(24)22-14-16-23(2,17-15-22)18-19-10-12-20(25-3)13-11-19/h10-13H,4-9,14-18H2,1-3H3/q+1. The monoisotopic (exact) mass is 347 g/mol. The van der Waals surface area contributed by atoms with Crippen LogP contribution in [0.5, 0.6) is 5.75 Å². The first-order chi connectivity index (χ1) is 12.1. The zero-order chi connectivity index (χ0) is 18.1. The first-order valence-electron chi connectivity index (χ1n) is 9.80. The van der Waals surface area contributed by atoms with E-state index in [1.165, 1.54) is 31.2 Å². The summed E-state index contributed by atoms with van der Waals surface area (Å²) in [6.45, 7) is 7.09. The van der Waals surface area contributed by atoms with Crippen LogP contribution in [0.25, 0.3) is 0 Å². The number of benzene rings is 1. The second kappa shape index (κ2) is 9.81. The molecule has 140 valence electrons. The molecule has 4 heteroatoms. The van der Waals surface area contributed by atoms with E-state index in [4.69, 9.17) is 4.74 Å². The Balaban J connectivity index is 1.74. The summed E-state index contributed by atoms with van der Waals surface area (Å²) in [4.78, 5) is 14.5. The fraction of sp³-hybridized carbons (Fsp3) is 0.667. The lowest BCUT2D eigenvalue weighted by Gasteiger charge is -2.42. The highest BCUT2D eigenvalue weighted by Gasteiger charge is 2.30. The molecule has 1 heterocycles. The Kier molecular flexibility index (Phi) is 7.76. The summed E-state index contributed by atoms with van der Waals surface area (Å²) in [5.74, 6) is 1.26. The fourth-order valence-electron chi connectivity index (χ4n) is 3.56. The Hall–Kier alpha value is -1.55. The van der Waals surface area contributed by atoms with Gasteiger partial charge in [-0.1, -0.05) is 32.6 Å². The van der Waals surface area contributed by atoms with Crippen LogP contribution in [0.1, 0.15) is 51.0 Å². The van der Waals surface area contributed by atoms with Gasteiger partial charge in [-0.05, 0) is 30.7 Å². The highest BCUT2D eigenvalue weighted by Crippen LogP contribution is 2.19. The molecule has 2 rings (SSSR count). The van der Waals surface area contributed by atoms with Gasteiger partial charge in [-0.2, -0.15) is 0 Å². The molecule has 4 nitrogen and oxygen atoms in total. The lowest BCUT2D eigenvalue weighted by atomic mass is 10.1. The number of hydrogen-bond donors (Lipinski definition) is 0. The van der Waals surface area contributed by atoms with Crippen LogP contribution < -0.4 is 4.74 Å². The van der Waals surface area contributed by atoms with Gasteiger partial charge in [-0.3, -0.25) is 4.79 Å². The van der Waals surface area contributed by atoms with E-state index in [9.17, 15) is 4.79 Å². The molecule has 0 atom stereocenters. The van der Waals surface area contributed by atoms with Gasteiger partial charge in [0.2, 0.25) is 5.91 Å². The van der Waals surface area contributed by atoms with Crippen molar-refractivity contribution >= 4 is 5.91 Å². The molecule has 0 aromatic heterocycles. The maximum absolute atomic E-state index is 12.4. The van der Waals surface area contributed by atoms with Crippen LogP contribution in [0.4, 0.5) is 0 Å². The first kappa shape index (κ1) is 19.8. The number of likely N-dealkylation sites (N-methyl/N-ethyl adjacent to an activating group) is 1. The number of piperazine rings is 1. The summed E-state index contributed by atoms with van der Waals surface area (Å²) in [6.07, 6.45) is 6.78. The SMILES string of the molecule is CCCCCCCC(=O)N1CC[N+](C)(Cc2ccc(OC)cc2)CC1. The van der Waals surface area contributed by atoms with Crippen molar-refractivity contribution in [2.24, 2.45) is 0 Å². The van der Waals surface area contributed by atoms with Gasteiger partial charge in [0, 0.05) is 12.0 Å². The number of nitrogens with zero attached hydrogens (tertiary/aromatic N) is 2. The minimum Gasteiger partial charge on any atom is -0.497 e. The highest BCUT2D eigenvalue weighted by molar-refractivity contribution is 5.76. The van der Waals surface area contributed by atoms with Crippen molar-refractivity contribution in [3.05, 3.63) is 29.8 Å². The van der Waals surface area contributed by atoms with Crippen molar-refractivity contribution < 1.29 is 14.0 Å². The molecule has 0 spiro atoms. The Morgan fingerprint density at radius 3 is 2.32 bits per heavy atom. The van der Waals surface area contributed by atoms with Gasteiger partial charge in [0.05, 0.1) is 40.3 Å².